The van der Waals surface area contributed by atoms with Crippen LogP contribution in [0, 0.1) is 19.3 Å². The van der Waals surface area contributed by atoms with Crippen molar-refractivity contribution in [2.45, 2.75) is 40.7 Å². The molecule has 1 aromatic heterocycles. The van der Waals surface area contributed by atoms with Gasteiger partial charge in [0.15, 0.2) is 0 Å². The number of amides is 2. The van der Waals surface area contributed by atoms with Crippen molar-refractivity contribution >= 4 is 11.7 Å². The summed E-state index contributed by atoms with van der Waals surface area (Å²) < 4.78 is 5.44. The summed E-state index contributed by atoms with van der Waals surface area (Å²) in [5.74, 6) is 0.525. The highest BCUT2D eigenvalue weighted by Gasteiger charge is 2.22. The molecule has 0 aliphatic heterocycles. The molecule has 0 aliphatic rings. The van der Waals surface area contributed by atoms with Gasteiger partial charge in [0.25, 0.3) is 0 Å². The van der Waals surface area contributed by atoms with Gasteiger partial charge in [0.2, 0.25) is 5.89 Å². The van der Waals surface area contributed by atoms with Crippen molar-refractivity contribution in [1.29, 1.82) is 0 Å². The van der Waals surface area contributed by atoms with Crippen molar-refractivity contribution in [2.75, 3.05) is 11.9 Å². The molecule has 1 aromatic carbocycles. The molecule has 0 saturated carbocycles. The minimum Gasteiger partial charge on any atom is -0.444 e. The third kappa shape index (κ3) is 4.58. The summed E-state index contributed by atoms with van der Waals surface area (Å²) in [5, 5.41) is 15.4. The van der Waals surface area contributed by atoms with Gasteiger partial charge in [-0.05, 0) is 37.0 Å². The number of benzene rings is 1. The van der Waals surface area contributed by atoms with Gasteiger partial charge in [0.1, 0.15) is 6.26 Å². The number of nitrogens with zero attached hydrogens (tertiary/aromatic N) is 1. The van der Waals surface area contributed by atoms with Crippen LogP contribution in [0.3, 0.4) is 0 Å². The number of carbonyl (C=O) groups is 1. The molecule has 2 rings (SSSR count). The smallest absolute Gasteiger partial charge is 0.319 e. The average Bonchev–Trinajstić information content (AvgIpc) is 2.92. The lowest BCUT2D eigenvalue weighted by atomic mass is 9.89. The van der Waals surface area contributed by atoms with Gasteiger partial charge in [-0.2, -0.15) is 0 Å². The standard InChI is InChI=1S/C18H25N3O3/c1-11-6-7-13(8-14(11)16-20-12(2)10-24-16)21-17(23)19-9-15(22)18(3,4)5/h6-8,10,15,22H,9H2,1-5H3,(H2,19,21,23). The van der Waals surface area contributed by atoms with Crippen molar-refractivity contribution in [2.24, 2.45) is 5.41 Å². The molecule has 0 saturated heterocycles. The Morgan fingerprint density at radius 2 is 2.04 bits per heavy atom. The van der Waals surface area contributed by atoms with Gasteiger partial charge in [-0.15, -0.1) is 0 Å². The lowest BCUT2D eigenvalue weighted by Crippen LogP contribution is -2.40. The van der Waals surface area contributed by atoms with E-state index in [0.29, 0.717) is 11.6 Å². The Morgan fingerprint density at radius 1 is 1.33 bits per heavy atom. The Bertz CT molecular complexity index is 717. The van der Waals surface area contributed by atoms with Crippen LogP contribution in [0.4, 0.5) is 10.5 Å². The van der Waals surface area contributed by atoms with E-state index >= 15 is 0 Å². The molecule has 6 nitrogen and oxygen atoms in total. The Kier molecular flexibility index (Phi) is 5.29. The predicted molar refractivity (Wildman–Crippen MR) is 93.9 cm³/mol. The van der Waals surface area contributed by atoms with E-state index in [1.807, 2.05) is 52.8 Å². The first kappa shape index (κ1) is 18.0. The largest absolute Gasteiger partial charge is 0.444 e. The fraction of sp³-hybridized carbons (Fsp3) is 0.444. The highest BCUT2D eigenvalue weighted by atomic mass is 16.3. The van der Waals surface area contributed by atoms with E-state index < -0.39 is 6.10 Å². The van der Waals surface area contributed by atoms with Crippen LogP contribution in [-0.4, -0.2) is 28.8 Å². The summed E-state index contributed by atoms with van der Waals surface area (Å²) in [7, 11) is 0. The molecule has 0 fully saturated rings. The molecule has 2 aromatic rings. The third-order valence-corrected chi connectivity index (χ3v) is 3.80. The Balaban J connectivity index is 2.04. The number of hydrogen-bond donors (Lipinski definition) is 3. The maximum atomic E-state index is 12.0. The number of urea groups is 1. The lowest BCUT2D eigenvalue weighted by molar-refractivity contribution is 0.0654. The molecule has 0 radical (unpaired) electrons. The second-order valence-electron chi connectivity index (χ2n) is 7.04. The second kappa shape index (κ2) is 7.05. The van der Waals surface area contributed by atoms with Gasteiger partial charge in [-0.3, -0.25) is 0 Å². The molecule has 1 heterocycles. The van der Waals surface area contributed by atoms with E-state index in [9.17, 15) is 9.90 Å². The monoisotopic (exact) mass is 331 g/mol. The molecule has 130 valence electrons. The number of aryl methyl sites for hydroxylation is 2. The van der Waals surface area contributed by atoms with Crippen molar-refractivity contribution in [3.05, 3.63) is 35.7 Å². The van der Waals surface area contributed by atoms with E-state index in [1.54, 1.807) is 6.26 Å². The molecular formula is C18H25N3O3. The van der Waals surface area contributed by atoms with Crippen molar-refractivity contribution in [3.63, 3.8) is 0 Å². The maximum absolute atomic E-state index is 12.0. The summed E-state index contributed by atoms with van der Waals surface area (Å²) in [6, 6.07) is 5.17. The molecule has 2 amide bonds. The van der Waals surface area contributed by atoms with Gasteiger partial charge in [-0.1, -0.05) is 26.8 Å². The van der Waals surface area contributed by atoms with Gasteiger partial charge in [0.05, 0.1) is 11.8 Å². The van der Waals surface area contributed by atoms with Gasteiger partial charge < -0.3 is 20.2 Å². The van der Waals surface area contributed by atoms with E-state index in [0.717, 1.165) is 16.8 Å². The zero-order valence-corrected chi connectivity index (χ0v) is 14.8. The Morgan fingerprint density at radius 3 is 2.62 bits per heavy atom. The first-order valence-electron chi connectivity index (χ1n) is 7.93. The maximum Gasteiger partial charge on any atom is 0.319 e. The van der Waals surface area contributed by atoms with Gasteiger partial charge in [-0.25, -0.2) is 9.78 Å². The Labute approximate surface area is 142 Å². The average molecular weight is 331 g/mol. The van der Waals surface area contributed by atoms with E-state index in [4.69, 9.17) is 4.42 Å². The number of rotatable bonds is 4. The highest BCUT2D eigenvalue weighted by molar-refractivity contribution is 5.90. The lowest BCUT2D eigenvalue weighted by Gasteiger charge is -2.25. The zero-order valence-electron chi connectivity index (χ0n) is 14.8. The molecule has 0 spiro atoms. The van der Waals surface area contributed by atoms with E-state index in [2.05, 4.69) is 15.6 Å². The summed E-state index contributed by atoms with van der Waals surface area (Å²) in [6.07, 6.45) is 0.974. The number of anilines is 1. The van der Waals surface area contributed by atoms with Crippen LogP contribution >= 0.6 is 0 Å². The highest BCUT2D eigenvalue weighted by Crippen LogP contribution is 2.26. The van der Waals surface area contributed by atoms with Crippen LogP contribution in [0.15, 0.2) is 28.9 Å². The van der Waals surface area contributed by atoms with E-state index in [-0.39, 0.29) is 18.0 Å². The second-order valence-corrected chi connectivity index (χ2v) is 7.04. The number of oxazole rings is 1. The zero-order chi connectivity index (χ0) is 17.9. The molecule has 24 heavy (non-hydrogen) atoms. The fourth-order valence-corrected chi connectivity index (χ4v) is 2.08. The predicted octanol–water partition coefficient (Wildman–Crippen LogP) is 3.49. The van der Waals surface area contributed by atoms with Gasteiger partial charge in [0, 0.05) is 17.8 Å². The summed E-state index contributed by atoms with van der Waals surface area (Å²) >= 11 is 0. The topological polar surface area (TPSA) is 87.4 Å². The molecule has 0 aliphatic carbocycles. The quantitative estimate of drug-likeness (QED) is 0.800. The normalized spacial score (nSPS) is 12.8. The van der Waals surface area contributed by atoms with Crippen molar-refractivity contribution < 1.29 is 14.3 Å². The van der Waals surface area contributed by atoms with Crippen LogP contribution in [0.25, 0.3) is 11.5 Å². The van der Waals surface area contributed by atoms with Crippen LogP contribution in [0.1, 0.15) is 32.0 Å². The van der Waals surface area contributed by atoms with Crippen LogP contribution in [0.5, 0.6) is 0 Å². The van der Waals surface area contributed by atoms with Gasteiger partial charge >= 0.3 is 6.03 Å². The number of aliphatic hydroxyl groups is 1. The van der Waals surface area contributed by atoms with Crippen LogP contribution in [0.2, 0.25) is 0 Å². The van der Waals surface area contributed by atoms with Crippen LogP contribution in [-0.2, 0) is 0 Å². The molecule has 6 heteroatoms. The number of aliphatic hydroxyl groups excluding tert-OH is 1. The third-order valence-electron chi connectivity index (χ3n) is 3.80. The first-order valence-corrected chi connectivity index (χ1v) is 7.93. The molecule has 3 N–H and O–H groups in total. The minimum absolute atomic E-state index is 0.187. The van der Waals surface area contributed by atoms with Crippen molar-refractivity contribution in [3.8, 4) is 11.5 Å². The summed E-state index contributed by atoms with van der Waals surface area (Å²) in [5.41, 5.74) is 2.99. The minimum atomic E-state index is -0.618. The number of hydrogen-bond acceptors (Lipinski definition) is 4. The molecule has 0 bridgehead atoms. The molecule has 1 unspecified atom stereocenters. The van der Waals surface area contributed by atoms with Crippen LogP contribution < -0.4 is 10.6 Å². The number of aromatic nitrogens is 1. The first-order chi connectivity index (χ1) is 11.2. The Hall–Kier alpha value is -2.34. The summed E-state index contributed by atoms with van der Waals surface area (Å²) in [6.45, 7) is 9.76. The fourth-order valence-electron chi connectivity index (χ4n) is 2.08. The molecule has 1 atom stereocenters. The number of carbonyl (C=O) groups excluding carboxylic acids is 1. The number of nitrogens with one attached hydrogen (secondary N) is 2. The van der Waals surface area contributed by atoms with Crippen molar-refractivity contribution in [1.82, 2.24) is 10.3 Å². The SMILES string of the molecule is Cc1coc(-c2cc(NC(=O)NCC(O)C(C)(C)C)ccc2C)n1. The molecular weight excluding hydrogens is 306 g/mol. The van der Waals surface area contributed by atoms with E-state index in [1.165, 1.54) is 0 Å². The summed E-state index contributed by atoms with van der Waals surface area (Å²) in [4.78, 5) is 16.3.